The Morgan fingerprint density at radius 3 is 2.33 bits per heavy atom. The lowest BCUT2D eigenvalue weighted by Gasteiger charge is -2.20. The molecule has 0 aliphatic carbocycles. The van der Waals surface area contributed by atoms with Crippen LogP contribution in [0.25, 0.3) is 0 Å². The number of nitrogens with one attached hydrogen (secondary N) is 1. The van der Waals surface area contributed by atoms with Gasteiger partial charge in [-0.1, -0.05) is 72.6 Å². The SMILES string of the molecule is CCCNC(c1cccc(Br)c1)c1cccc(CCC)c1. The lowest BCUT2D eigenvalue weighted by atomic mass is 9.96. The van der Waals surface area contributed by atoms with Crippen molar-refractivity contribution >= 4 is 15.9 Å². The van der Waals surface area contributed by atoms with Gasteiger partial charge in [-0.3, -0.25) is 0 Å². The maximum absolute atomic E-state index is 3.68. The highest BCUT2D eigenvalue weighted by molar-refractivity contribution is 9.10. The van der Waals surface area contributed by atoms with E-state index in [-0.39, 0.29) is 6.04 Å². The number of benzene rings is 2. The van der Waals surface area contributed by atoms with Gasteiger partial charge in [0.1, 0.15) is 0 Å². The van der Waals surface area contributed by atoms with E-state index >= 15 is 0 Å². The Bertz CT molecular complexity index is 565. The van der Waals surface area contributed by atoms with Crippen molar-refractivity contribution in [3.8, 4) is 0 Å². The fourth-order valence-corrected chi connectivity index (χ4v) is 3.04. The minimum Gasteiger partial charge on any atom is -0.306 e. The first-order chi connectivity index (χ1) is 10.2. The normalized spacial score (nSPS) is 12.3. The van der Waals surface area contributed by atoms with E-state index in [0.29, 0.717) is 0 Å². The molecule has 0 spiro atoms. The van der Waals surface area contributed by atoms with Gasteiger partial charge < -0.3 is 5.32 Å². The summed E-state index contributed by atoms with van der Waals surface area (Å²) >= 11 is 3.58. The van der Waals surface area contributed by atoms with Crippen molar-refractivity contribution in [2.24, 2.45) is 0 Å². The molecule has 2 rings (SSSR count). The Balaban J connectivity index is 2.33. The largest absolute Gasteiger partial charge is 0.306 e. The summed E-state index contributed by atoms with van der Waals surface area (Å²) < 4.78 is 1.13. The summed E-state index contributed by atoms with van der Waals surface area (Å²) in [7, 11) is 0. The maximum Gasteiger partial charge on any atom is 0.0577 e. The summed E-state index contributed by atoms with van der Waals surface area (Å²) in [6.45, 7) is 5.46. The average Bonchev–Trinajstić information content (AvgIpc) is 2.49. The monoisotopic (exact) mass is 345 g/mol. The summed E-state index contributed by atoms with van der Waals surface area (Å²) in [6.07, 6.45) is 3.47. The van der Waals surface area contributed by atoms with E-state index in [1.807, 2.05) is 0 Å². The number of hydrogen-bond acceptors (Lipinski definition) is 1. The van der Waals surface area contributed by atoms with Crippen LogP contribution in [-0.4, -0.2) is 6.54 Å². The van der Waals surface area contributed by atoms with Crippen molar-refractivity contribution in [3.63, 3.8) is 0 Å². The molecule has 1 unspecified atom stereocenters. The van der Waals surface area contributed by atoms with Crippen molar-refractivity contribution in [2.45, 2.75) is 39.2 Å². The molecule has 0 fully saturated rings. The molecule has 0 aliphatic heterocycles. The Labute approximate surface area is 136 Å². The summed E-state index contributed by atoms with van der Waals surface area (Å²) in [6, 6.07) is 17.8. The minimum atomic E-state index is 0.263. The third kappa shape index (κ3) is 4.69. The van der Waals surface area contributed by atoms with E-state index in [0.717, 1.165) is 23.9 Å². The van der Waals surface area contributed by atoms with Gasteiger partial charge in [0.05, 0.1) is 6.04 Å². The highest BCUT2D eigenvalue weighted by atomic mass is 79.9. The molecule has 0 aliphatic rings. The Kier molecular flexibility index (Phi) is 6.47. The third-order valence-electron chi connectivity index (χ3n) is 3.60. The zero-order valence-electron chi connectivity index (χ0n) is 12.9. The van der Waals surface area contributed by atoms with E-state index in [2.05, 4.69) is 83.6 Å². The van der Waals surface area contributed by atoms with Gasteiger partial charge in [-0.15, -0.1) is 0 Å². The van der Waals surface area contributed by atoms with Crippen molar-refractivity contribution in [1.82, 2.24) is 5.32 Å². The van der Waals surface area contributed by atoms with Gasteiger partial charge in [0.2, 0.25) is 0 Å². The number of aryl methyl sites for hydroxylation is 1. The molecule has 1 atom stereocenters. The number of halogens is 1. The topological polar surface area (TPSA) is 12.0 Å². The molecule has 0 saturated carbocycles. The lowest BCUT2D eigenvalue weighted by molar-refractivity contribution is 0.598. The first-order valence-corrected chi connectivity index (χ1v) is 8.61. The van der Waals surface area contributed by atoms with Crippen molar-refractivity contribution in [1.29, 1.82) is 0 Å². The third-order valence-corrected chi connectivity index (χ3v) is 4.10. The number of hydrogen-bond donors (Lipinski definition) is 1. The van der Waals surface area contributed by atoms with E-state index in [4.69, 9.17) is 0 Å². The van der Waals surface area contributed by atoms with Gasteiger partial charge in [-0.25, -0.2) is 0 Å². The fraction of sp³-hybridized carbons (Fsp3) is 0.368. The smallest absolute Gasteiger partial charge is 0.0577 e. The van der Waals surface area contributed by atoms with Crippen LogP contribution in [0.2, 0.25) is 0 Å². The molecule has 1 N–H and O–H groups in total. The molecule has 0 amide bonds. The van der Waals surface area contributed by atoms with E-state index in [9.17, 15) is 0 Å². The Morgan fingerprint density at radius 2 is 1.67 bits per heavy atom. The van der Waals surface area contributed by atoms with Crippen molar-refractivity contribution in [2.75, 3.05) is 6.54 Å². The molecular formula is C19H24BrN. The highest BCUT2D eigenvalue weighted by Crippen LogP contribution is 2.25. The van der Waals surface area contributed by atoms with Gasteiger partial charge in [-0.05, 0) is 48.2 Å². The fourth-order valence-electron chi connectivity index (χ4n) is 2.62. The second-order valence-electron chi connectivity index (χ2n) is 5.44. The first kappa shape index (κ1) is 16.3. The van der Waals surface area contributed by atoms with Gasteiger partial charge in [0, 0.05) is 4.47 Å². The predicted octanol–water partition coefficient (Wildman–Crippen LogP) is 5.49. The summed E-state index contributed by atoms with van der Waals surface area (Å²) in [5.41, 5.74) is 4.09. The van der Waals surface area contributed by atoms with Crippen LogP contribution in [0.1, 0.15) is 49.4 Å². The van der Waals surface area contributed by atoms with Gasteiger partial charge in [0.15, 0.2) is 0 Å². The molecule has 2 aromatic carbocycles. The van der Waals surface area contributed by atoms with Crippen LogP contribution in [0, 0.1) is 0 Å². The summed E-state index contributed by atoms with van der Waals surface area (Å²) in [5.74, 6) is 0. The van der Waals surface area contributed by atoms with Crippen LogP contribution < -0.4 is 5.32 Å². The number of rotatable bonds is 7. The van der Waals surface area contributed by atoms with Crippen LogP contribution in [0.5, 0.6) is 0 Å². The zero-order valence-corrected chi connectivity index (χ0v) is 14.5. The van der Waals surface area contributed by atoms with Gasteiger partial charge in [0.25, 0.3) is 0 Å². The molecule has 1 nitrogen and oxygen atoms in total. The predicted molar refractivity (Wildman–Crippen MR) is 94.7 cm³/mol. The van der Waals surface area contributed by atoms with Gasteiger partial charge in [-0.2, -0.15) is 0 Å². The van der Waals surface area contributed by atoms with Crippen LogP contribution in [0.15, 0.2) is 53.0 Å². The van der Waals surface area contributed by atoms with Crippen LogP contribution in [-0.2, 0) is 6.42 Å². The van der Waals surface area contributed by atoms with Crippen LogP contribution >= 0.6 is 15.9 Å². The molecule has 0 heterocycles. The van der Waals surface area contributed by atoms with Crippen molar-refractivity contribution < 1.29 is 0 Å². The highest BCUT2D eigenvalue weighted by Gasteiger charge is 2.13. The molecule has 21 heavy (non-hydrogen) atoms. The summed E-state index contributed by atoms with van der Waals surface area (Å²) in [5, 5.41) is 3.68. The van der Waals surface area contributed by atoms with Gasteiger partial charge >= 0.3 is 0 Å². The quantitative estimate of drug-likeness (QED) is 0.699. The maximum atomic E-state index is 3.68. The first-order valence-electron chi connectivity index (χ1n) is 7.82. The van der Waals surface area contributed by atoms with E-state index < -0.39 is 0 Å². The van der Waals surface area contributed by atoms with Crippen LogP contribution in [0.3, 0.4) is 0 Å². The van der Waals surface area contributed by atoms with E-state index in [1.165, 1.54) is 23.1 Å². The second-order valence-corrected chi connectivity index (χ2v) is 6.35. The lowest BCUT2D eigenvalue weighted by Crippen LogP contribution is -2.23. The Morgan fingerprint density at radius 1 is 0.952 bits per heavy atom. The van der Waals surface area contributed by atoms with E-state index in [1.54, 1.807) is 0 Å². The molecule has 0 saturated heterocycles. The Hall–Kier alpha value is -1.12. The molecule has 2 aromatic rings. The van der Waals surface area contributed by atoms with Crippen LogP contribution in [0.4, 0.5) is 0 Å². The molecule has 2 heteroatoms. The zero-order chi connectivity index (χ0) is 15.1. The minimum absolute atomic E-state index is 0.263. The molecular weight excluding hydrogens is 322 g/mol. The molecule has 0 bridgehead atoms. The molecule has 0 aromatic heterocycles. The standard InChI is InChI=1S/C19H24BrN/c1-3-7-15-8-5-9-16(13-15)19(21-12-4-2)17-10-6-11-18(20)14-17/h5-6,8-11,13-14,19,21H,3-4,7,12H2,1-2H3. The summed E-state index contributed by atoms with van der Waals surface area (Å²) in [4.78, 5) is 0. The average molecular weight is 346 g/mol. The molecule has 112 valence electrons. The van der Waals surface area contributed by atoms with Crippen molar-refractivity contribution in [3.05, 3.63) is 69.7 Å². The molecule has 0 radical (unpaired) electrons. The second kappa shape index (κ2) is 8.35.